The molecule has 0 aliphatic heterocycles. The van der Waals surface area contributed by atoms with Crippen LogP contribution in [0.2, 0.25) is 0 Å². The van der Waals surface area contributed by atoms with Crippen LogP contribution in [-0.2, 0) is 0 Å². The Labute approximate surface area is 142 Å². The predicted octanol–water partition coefficient (Wildman–Crippen LogP) is 4.88. The van der Waals surface area contributed by atoms with Crippen molar-refractivity contribution in [3.63, 3.8) is 0 Å². The molecule has 4 heteroatoms. The van der Waals surface area contributed by atoms with Gasteiger partial charge in [-0.25, -0.2) is 4.79 Å². The fourth-order valence-electron chi connectivity index (χ4n) is 2.37. The number of aromatic carboxylic acids is 1. The molecule has 4 nitrogen and oxygen atoms in total. The quantitative estimate of drug-likeness (QED) is 0.823. The van der Waals surface area contributed by atoms with Gasteiger partial charge in [-0.05, 0) is 59.4 Å². The van der Waals surface area contributed by atoms with Crippen molar-refractivity contribution >= 4 is 17.6 Å². The summed E-state index contributed by atoms with van der Waals surface area (Å²) in [5.41, 5.74) is 3.65. The van der Waals surface area contributed by atoms with Gasteiger partial charge in [-0.3, -0.25) is 4.79 Å². The number of hydrogen-bond acceptors (Lipinski definition) is 2. The normalized spacial score (nSPS) is 10.9. The lowest BCUT2D eigenvalue weighted by molar-refractivity contribution is 0.0696. The maximum absolute atomic E-state index is 12.6. The van der Waals surface area contributed by atoms with Gasteiger partial charge < -0.3 is 10.4 Å². The number of benzene rings is 2. The van der Waals surface area contributed by atoms with Gasteiger partial charge in [-0.1, -0.05) is 33.8 Å². The van der Waals surface area contributed by atoms with E-state index in [4.69, 9.17) is 5.11 Å². The third-order valence-corrected chi connectivity index (χ3v) is 3.96. The van der Waals surface area contributed by atoms with Crippen molar-refractivity contribution < 1.29 is 14.7 Å². The second kappa shape index (κ2) is 7.30. The van der Waals surface area contributed by atoms with Gasteiger partial charge in [0.1, 0.15) is 0 Å². The van der Waals surface area contributed by atoms with Gasteiger partial charge in [-0.2, -0.15) is 0 Å². The molecular formula is C20H23NO3. The number of nitrogens with one attached hydrogen (secondary N) is 1. The van der Waals surface area contributed by atoms with Gasteiger partial charge >= 0.3 is 5.97 Å². The first-order valence-corrected chi connectivity index (χ1v) is 8.07. The zero-order valence-electron chi connectivity index (χ0n) is 14.5. The highest BCUT2D eigenvalue weighted by Crippen LogP contribution is 2.24. The van der Waals surface area contributed by atoms with Gasteiger partial charge in [0.05, 0.1) is 5.56 Å². The standard InChI is InChI=1S/C20H23NO3/c1-12(2)15-9-16(13(3)4)11-17(10-15)19(22)21-18-7-5-14(6-8-18)20(23)24/h5-13H,1-4H3,(H,21,22)(H,23,24). The average molecular weight is 325 g/mol. The van der Waals surface area contributed by atoms with E-state index in [-0.39, 0.29) is 11.5 Å². The number of amides is 1. The molecule has 0 atom stereocenters. The van der Waals surface area contributed by atoms with Crippen molar-refractivity contribution in [2.45, 2.75) is 39.5 Å². The summed E-state index contributed by atoms with van der Waals surface area (Å²) in [5, 5.41) is 11.7. The summed E-state index contributed by atoms with van der Waals surface area (Å²) in [5.74, 6) is -0.503. The topological polar surface area (TPSA) is 66.4 Å². The number of rotatable bonds is 5. The van der Waals surface area contributed by atoms with Crippen LogP contribution in [0.1, 0.15) is 71.4 Å². The Morgan fingerprint density at radius 2 is 1.33 bits per heavy atom. The highest BCUT2D eigenvalue weighted by Gasteiger charge is 2.13. The summed E-state index contributed by atoms with van der Waals surface area (Å²) in [6.07, 6.45) is 0. The Balaban J connectivity index is 2.26. The smallest absolute Gasteiger partial charge is 0.335 e. The van der Waals surface area contributed by atoms with E-state index < -0.39 is 5.97 Å². The minimum absolute atomic E-state index is 0.192. The van der Waals surface area contributed by atoms with Gasteiger partial charge in [0, 0.05) is 11.3 Å². The molecule has 0 spiro atoms. The van der Waals surface area contributed by atoms with E-state index in [1.54, 1.807) is 12.1 Å². The highest BCUT2D eigenvalue weighted by atomic mass is 16.4. The van der Waals surface area contributed by atoms with Crippen molar-refractivity contribution in [3.05, 3.63) is 64.7 Å². The molecule has 2 rings (SSSR count). The molecular weight excluding hydrogens is 302 g/mol. The first-order chi connectivity index (χ1) is 11.3. The molecule has 0 fully saturated rings. The highest BCUT2D eigenvalue weighted by molar-refractivity contribution is 6.04. The second-order valence-corrected chi connectivity index (χ2v) is 6.53. The lowest BCUT2D eigenvalue weighted by Crippen LogP contribution is -2.13. The zero-order valence-corrected chi connectivity index (χ0v) is 14.5. The summed E-state index contributed by atoms with van der Waals surface area (Å²) in [4.78, 5) is 23.4. The number of anilines is 1. The molecule has 0 aliphatic rings. The maximum Gasteiger partial charge on any atom is 0.335 e. The van der Waals surface area contributed by atoms with Gasteiger partial charge in [0.2, 0.25) is 0 Å². The fraction of sp³-hybridized carbons (Fsp3) is 0.300. The molecule has 2 aromatic carbocycles. The molecule has 0 heterocycles. The van der Waals surface area contributed by atoms with Gasteiger partial charge in [0.25, 0.3) is 5.91 Å². The van der Waals surface area contributed by atoms with Crippen LogP contribution in [0.4, 0.5) is 5.69 Å². The number of carboxylic acids is 1. The fourth-order valence-corrected chi connectivity index (χ4v) is 2.37. The first-order valence-electron chi connectivity index (χ1n) is 8.07. The Kier molecular flexibility index (Phi) is 5.39. The molecule has 1 amide bonds. The third kappa shape index (κ3) is 4.22. The second-order valence-electron chi connectivity index (χ2n) is 6.53. The first kappa shape index (κ1) is 17.7. The zero-order chi connectivity index (χ0) is 17.9. The van der Waals surface area contributed by atoms with Crippen LogP contribution in [0.15, 0.2) is 42.5 Å². The SMILES string of the molecule is CC(C)c1cc(C(=O)Nc2ccc(C(=O)O)cc2)cc(C(C)C)c1. The number of carboxylic acid groups (broad SMARTS) is 1. The van der Waals surface area contributed by atoms with E-state index >= 15 is 0 Å². The molecule has 0 radical (unpaired) electrons. The van der Waals surface area contributed by atoms with E-state index in [9.17, 15) is 9.59 Å². The molecule has 2 aromatic rings. The van der Waals surface area contributed by atoms with Crippen LogP contribution in [0.3, 0.4) is 0 Å². The maximum atomic E-state index is 12.6. The Hall–Kier alpha value is -2.62. The van der Waals surface area contributed by atoms with E-state index in [0.717, 1.165) is 11.1 Å². The van der Waals surface area contributed by atoms with Gasteiger partial charge in [0.15, 0.2) is 0 Å². The molecule has 126 valence electrons. The number of carbonyl (C=O) groups is 2. The summed E-state index contributed by atoms with van der Waals surface area (Å²) in [7, 11) is 0. The molecule has 0 saturated heterocycles. The van der Waals surface area contributed by atoms with Crippen LogP contribution >= 0.6 is 0 Å². The van der Waals surface area contributed by atoms with Crippen LogP contribution in [0, 0.1) is 0 Å². The lowest BCUT2D eigenvalue weighted by Gasteiger charge is -2.14. The van der Waals surface area contributed by atoms with Crippen molar-refractivity contribution in [2.24, 2.45) is 0 Å². The molecule has 24 heavy (non-hydrogen) atoms. The summed E-state index contributed by atoms with van der Waals surface area (Å²) in [6, 6.07) is 12.1. The van der Waals surface area contributed by atoms with Crippen LogP contribution < -0.4 is 5.32 Å². The van der Waals surface area contributed by atoms with E-state index in [1.807, 2.05) is 12.1 Å². The Morgan fingerprint density at radius 3 is 1.75 bits per heavy atom. The molecule has 0 aromatic heterocycles. The third-order valence-electron chi connectivity index (χ3n) is 3.96. The molecule has 2 N–H and O–H groups in total. The van der Waals surface area contributed by atoms with Crippen molar-refractivity contribution in [1.29, 1.82) is 0 Å². The van der Waals surface area contributed by atoms with E-state index in [0.29, 0.717) is 23.1 Å². The van der Waals surface area contributed by atoms with Crippen LogP contribution in [0.5, 0.6) is 0 Å². The van der Waals surface area contributed by atoms with Crippen molar-refractivity contribution in [2.75, 3.05) is 5.32 Å². The molecule has 0 unspecified atom stereocenters. The van der Waals surface area contributed by atoms with Crippen LogP contribution in [-0.4, -0.2) is 17.0 Å². The Morgan fingerprint density at radius 1 is 0.833 bits per heavy atom. The predicted molar refractivity (Wildman–Crippen MR) is 96.0 cm³/mol. The minimum Gasteiger partial charge on any atom is -0.478 e. The van der Waals surface area contributed by atoms with Gasteiger partial charge in [-0.15, -0.1) is 0 Å². The van der Waals surface area contributed by atoms with Crippen molar-refractivity contribution in [3.8, 4) is 0 Å². The van der Waals surface area contributed by atoms with E-state index in [1.165, 1.54) is 12.1 Å². The summed E-state index contributed by atoms with van der Waals surface area (Å²) >= 11 is 0. The summed E-state index contributed by atoms with van der Waals surface area (Å²) in [6.45, 7) is 8.41. The largest absolute Gasteiger partial charge is 0.478 e. The van der Waals surface area contributed by atoms with Crippen LogP contribution in [0.25, 0.3) is 0 Å². The number of hydrogen-bond donors (Lipinski definition) is 2. The molecule has 0 aliphatic carbocycles. The summed E-state index contributed by atoms with van der Waals surface area (Å²) < 4.78 is 0. The molecule has 0 bridgehead atoms. The molecule has 0 saturated carbocycles. The lowest BCUT2D eigenvalue weighted by atomic mass is 9.93. The number of carbonyl (C=O) groups excluding carboxylic acids is 1. The Bertz CT molecular complexity index is 720. The average Bonchev–Trinajstić information content (AvgIpc) is 2.54. The van der Waals surface area contributed by atoms with E-state index in [2.05, 4.69) is 39.1 Å². The van der Waals surface area contributed by atoms with Crippen molar-refractivity contribution in [1.82, 2.24) is 0 Å². The minimum atomic E-state index is -0.987. The monoisotopic (exact) mass is 325 g/mol.